The predicted molar refractivity (Wildman–Crippen MR) is 108 cm³/mol. The lowest BCUT2D eigenvalue weighted by Crippen LogP contribution is -2.39. The molecule has 0 aromatic heterocycles. The first-order chi connectivity index (χ1) is 14.0. The number of amides is 1. The van der Waals surface area contributed by atoms with Crippen LogP contribution in [0.5, 0.6) is 5.75 Å². The molecular formula is C23H24FNO4. The van der Waals surface area contributed by atoms with Crippen LogP contribution in [0.25, 0.3) is 6.08 Å². The number of fused-ring (bicyclic) bond motifs is 1. The summed E-state index contributed by atoms with van der Waals surface area (Å²) in [5, 5.41) is 2.97. The third-order valence-corrected chi connectivity index (χ3v) is 4.94. The number of ether oxygens (including phenoxy) is 2. The Morgan fingerprint density at radius 1 is 1.24 bits per heavy atom. The SMILES string of the molecule is COc1ccc(/C=C/C(=O)O[C@H](C)C(=O)N[C@@H]2CCCc3ccccc32)cc1F. The molecule has 3 rings (SSSR count). The number of rotatable bonds is 6. The first-order valence-electron chi connectivity index (χ1n) is 9.58. The van der Waals surface area contributed by atoms with Crippen LogP contribution in [0.3, 0.4) is 0 Å². The molecule has 29 heavy (non-hydrogen) atoms. The van der Waals surface area contributed by atoms with E-state index < -0.39 is 17.9 Å². The van der Waals surface area contributed by atoms with E-state index in [1.54, 1.807) is 6.07 Å². The molecule has 1 aliphatic rings. The standard InChI is InChI=1S/C23H24FNO4/c1-15(23(27)25-20-9-5-7-17-6-3-4-8-18(17)20)29-22(26)13-11-16-10-12-21(28-2)19(24)14-16/h3-4,6,8,10-15,20H,5,7,9H2,1-2H3,(H,25,27)/b13-11+/t15-,20-/m1/s1. The molecule has 0 spiro atoms. The van der Waals surface area contributed by atoms with Crippen LogP contribution < -0.4 is 10.1 Å². The van der Waals surface area contributed by atoms with Crippen LogP contribution >= 0.6 is 0 Å². The number of halogens is 1. The van der Waals surface area contributed by atoms with Gasteiger partial charge in [-0.1, -0.05) is 30.3 Å². The van der Waals surface area contributed by atoms with E-state index in [0.29, 0.717) is 5.56 Å². The van der Waals surface area contributed by atoms with E-state index in [9.17, 15) is 14.0 Å². The first-order valence-corrected chi connectivity index (χ1v) is 9.58. The fourth-order valence-corrected chi connectivity index (χ4v) is 3.41. The summed E-state index contributed by atoms with van der Waals surface area (Å²) in [6, 6.07) is 12.3. The minimum atomic E-state index is -0.936. The summed E-state index contributed by atoms with van der Waals surface area (Å²) in [5.74, 6) is -1.42. The number of esters is 1. The lowest BCUT2D eigenvalue weighted by atomic mass is 9.87. The minimum absolute atomic E-state index is 0.0774. The summed E-state index contributed by atoms with van der Waals surface area (Å²) in [6.07, 6.45) is 4.51. The third-order valence-electron chi connectivity index (χ3n) is 4.94. The van der Waals surface area contributed by atoms with Crippen molar-refractivity contribution in [3.8, 4) is 5.75 Å². The van der Waals surface area contributed by atoms with Crippen molar-refractivity contribution in [1.29, 1.82) is 0 Å². The van der Waals surface area contributed by atoms with Crippen molar-refractivity contribution in [2.75, 3.05) is 7.11 Å². The molecule has 1 N–H and O–H groups in total. The van der Waals surface area contributed by atoms with Crippen molar-refractivity contribution < 1.29 is 23.5 Å². The highest BCUT2D eigenvalue weighted by atomic mass is 19.1. The molecule has 0 aliphatic heterocycles. The largest absolute Gasteiger partial charge is 0.494 e. The average molecular weight is 397 g/mol. The number of hydrogen-bond acceptors (Lipinski definition) is 4. The summed E-state index contributed by atoms with van der Waals surface area (Å²) >= 11 is 0. The molecular weight excluding hydrogens is 373 g/mol. The highest BCUT2D eigenvalue weighted by Gasteiger charge is 2.24. The Kier molecular flexibility index (Phi) is 6.65. The Balaban J connectivity index is 1.56. The summed E-state index contributed by atoms with van der Waals surface area (Å²) < 4.78 is 23.7. The first kappa shape index (κ1) is 20.6. The van der Waals surface area contributed by atoms with Gasteiger partial charge in [0.15, 0.2) is 17.7 Å². The maximum atomic E-state index is 13.7. The van der Waals surface area contributed by atoms with Crippen molar-refractivity contribution in [2.24, 2.45) is 0 Å². The Morgan fingerprint density at radius 2 is 2.03 bits per heavy atom. The molecule has 0 fully saturated rings. The van der Waals surface area contributed by atoms with E-state index in [1.165, 1.54) is 43.9 Å². The van der Waals surface area contributed by atoms with E-state index in [1.807, 2.05) is 18.2 Å². The van der Waals surface area contributed by atoms with Crippen LogP contribution in [0.15, 0.2) is 48.5 Å². The normalized spacial score (nSPS) is 16.7. The van der Waals surface area contributed by atoms with Gasteiger partial charge in [0.25, 0.3) is 5.91 Å². The molecule has 0 saturated carbocycles. The highest BCUT2D eigenvalue weighted by molar-refractivity contribution is 5.90. The molecule has 2 atom stereocenters. The molecule has 1 aliphatic carbocycles. The molecule has 1 amide bonds. The Labute approximate surface area is 169 Å². The van der Waals surface area contributed by atoms with Crippen molar-refractivity contribution in [2.45, 2.75) is 38.3 Å². The van der Waals surface area contributed by atoms with Crippen LogP contribution in [0.2, 0.25) is 0 Å². The zero-order valence-corrected chi connectivity index (χ0v) is 16.5. The fourth-order valence-electron chi connectivity index (χ4n) is 3.41. The van der Waals surface area contributed by atoms with Gasteiger partial charge < -0.3 is 14.8 Å². The second-order valence-corrected chi connectivity index (χ2v) is 6.96. The van der Waals surface area contributed by atoms with Gasteiger partial charge in [-0.2, -0.15) is 0 Å². The van der Waals surface area contributed by atoms with Gasteiger partial charge in [-0.25, -0.2) is 9.18 Å². The summed E-state index contributed by atoms with van der Waals surface area (Å²) in [4.78, 5) is 24.5. The van der Waals surface area contributed by atoms with Gasteiger partial charge in [0, 0.05) is 6.08 Å². The Bertz CT molecular complexity index is 925. The molecule has 0 radical (unpaired) electrons. The number of benzene rings is 2. The molecule has 2 aromatic carbocycles. The highest BCUT2D eigenvalue weighted by Crippen LogP contribution is 2.29. The Hall–Kier alpha value is -3.15. The monoisotopic (exact) mass is 397 g/mol. The molecule has 0 bridgehead atoms. The second kappa shape index (κ2) is 9.37. The van der Waals surface area contributed by atoms with Crippen LogP contribution in [-0.2, 0) is 20.7 Å². The van der Waals surface area contributed by atoms with Gasteiger partial charge in [-0.3, -0.25) is 4.79 Å². The number of carbonyl (C=O) groups is 2. The molecule has 0 unspecified atom stereocenters. The smallest absolute Gasteiger partial charge is 0.331 e. The average Bonchev–Trinajstić information content (AvgIpc) is 2.72. The van der Waals surface area contributed by atoms with Gasteiger partial charge in [0.05, 0.1) is 13.2 Å². The molecule has 5 nitrogen and oxygen atoms in total. The number of methoxy groups -OCH3 is 1. The van der Waals surface area contributed by atoms with Crippen LogP contribution in [-0.4, -0.2) is 25.1 Å². The van der Waals surface area contributed by atoms with E-state index in [2.05, 4.69) is 11.4 Å². The molecule has 0 saturated heterocycles. The quantitative estimate of drug-likeness (QED) is 0.592. The van der Waals surface area contributed by atoms with Gasteiger partial charge >= 0.3 is 5.97 Å². The van der Waals surface area contributed by atoms with Crippen molar-refractivity contribution in [3.05, 3.63) is 71.0 Å². The third kappa shape index (κ3) is 5.22. The van der Waals surface area contributed by atoms with Crippen molar-refractivity contribution >= 4 is 18.0 Å². The number of carbonyl (C=O) groups excluding carboxylic acids is 2. The van der Waals surface area contributed by atoms with E-state index in [4.69, 9.17) is 9.47 Å². The number of nitrogens with one attached hydrogen (secondary N) is 1. The van der Waals surface area contributed by atoms with Gasteiger partial charge in [-0.05, 0) is 61.1 Å². The van der Waals surface area contributed by atoms with Crippen LogP contribution in [0.1, 0.15) is 42.5 Å². The molecule has 0 heterocycles. The Morgan fingerprint density at radius 3 is 2.79 bits per heavy atom. The number of aryl methyl sites for hydroxylation is 1. The zero-order chi connectivity index (χ0) is 20.8. The minimum Gasteiger partial charge on any atom is -0.494 e. The number of hydrogen-bond donors (Lipinski definition) is 1. The zero-order valence-electron chi connectivity index (χ0n) is 16.5. The van der Waals surface area contributed by atoms with Gasteiger partial charge in [0.1, 0.15) is 0 Å². The maximum Gasteiger partial charge on any atom is 0.331 e. The second-order valence-electron chi connectivity index (χ2n) is 6.96. The molecule has 6 heteroatoms. The van der Waals surface area contributed by atoms with Crippen LogP contribution in [0, 0.1) is 5.82 Å². The summed E-state index contributed by atoms with van der Waals surface area (Å²) in [5.41, 5.74) is 2.84. The lowest BCUT2D eigenvalue weighted by molar-refractivity contribution is -0.150. The van der Waals surface area contributed by atoms with Crippen molar-refractivity contribution in [1.82, 2.24) is 5.32 Å². The van der Waals surface area contributed by atoms with E-state index in [-0.39, 0.29) is 17.7 Å². The van der Waals surface area contributed by atoms with Gasteiger partial charge in [0.2, 0.25) is 0 Å². The topological polar surface area (TPSA) is 64.6 Å². The van der Waals surface area contributed by atoms with Crippen molar-refractivity contribution in [3.63, 3.8) is 0 Å². The lowest BCUT2D eigenvalue weighted by Gasteiger charge is -2.27. The molecule has 152 valence electrons. The summed E-state index contributed by atoms with van der Waals surface area (Å²) in [6.45, 7) is 1.53. The van der Waals surface area contributed by atoms with E-state index >= 15 is 0 Å². The predicted octanol–water partition coefficient (Wildman–Crippen LogP) is 3.97. The maximum absolute atomic E-state index is 13.7. The fraction of sp³-hybridized carbons (Fsp3) is 0.304. The van der Waals surface area contributed by atoms with Crippen LogP contribution in [0.4, 0.5) is 4.39 Å². The summed E-state index contributed by atoms with van der Waals surface area (Å²) in [7, 11) is 1.38. The molecule has 2 aromatic rings. The van der Waals surface area contributed by atoms with E-state index in [0.717, 1.165) is 24.8 Å². The van der Waals surface area contributed by atoms with Gasteiger partial charge in [-0.15, -0.1) is 0 Å².